The third kappa shape index (κ3) is 66.7. The van der Waals surface area contributed by atoms with Crippen molar-refractivity contribution in [2.75, 3.05) is 39.6 Å². The second-order valence-corrected chi connectivity index (χ2v) is 29.7. The van der Waals surface area contributed by atoms with Crippen LogP contribution in [0.4, 0.5) is 0 Å². The number of ether oxygens (including phenoxy) is 4. The number of hydrogen-bond acceptors (Lipinski definition) is 15. The number of aliphatic hydroxyl groups is 1. The Morgan fingerprint density at radius 3 is 0.739 bits per heavy atom. The second kappa shape index (κ2) is 66.3. The van der Waals surface area contributed by atoms with Crippen molar-refractivity contribution in [1.82, 2.24) is 0 Å². The summed E-state index contributed by atoms with van der Waals surface area (Å²) in [6.07, 6.45) is 54.1. The summed E-state index contributed by atoms with van der Waals surface area (Å²) in [6, 6.07) is 0. The molecule has 0 rings (SSSR count). The molecule has 0 aliphatic rings. The van der Waals surface area contributed by atoms with Gasteiger partial charge in [0.1, 0.15) is 19.3 Å². The topological polar surface area (TPSA) is 237 Å². The molecule has 2 unspecified atom stereocenters. The van der Waals surface area contributed by atoms with Crippen LogP contribution in [0.15, 0.2) is 0 Å². The maximum atomic E-state index is 13.0. The number of unbranched alkanes of at least 4 members (excludes halogenated alkanes) is 45. The van der Waals surface area contributed by atoms with Crippen LogP contribution in [-0.2, 0) is 65.4 Å². The van der Waals surface area contributed by atoms with Gasteiger partial charge in [0.2, 0.25) is 0 Å². The molecular formula is C73H142O17P2. The minimum absolute atomic E-state index is 0.107. The van der Waals surface area contributed by atoms with Crippen LogP contribution in [0.3, 0.4) is 0 Å². The van der Waals surface area contributed by atoms with Crippen LogP contribution in [0.25, 0.3) is 0 Å². The highest BCUT2D eigenvalue weighted by Gasteiger charge is 2.30. The van der Waals surface area contributed by atoms with Crippen molar-refractivity contribution in [2.24, 2.45) is 5.92 Å². The molecule has 546 valence electrons. The standard InChI is InChI=1S/C73H142O17P2/c1-6-9-12-15-18-21-23-34-37-42-47-52-57-71(76)84-63-69(90-73(78)59-54-49-44-39-35-31-29-27-25-24-26-28-30-33-36-40-45-50-55-66(4)5)65-88-92(81,82)86-61-67(74)60-85-91(79,80)87-64-68(62-83-70(75)56-51-46-41-20-17-14-11-8-3)89-72(77)58-53-48-43-38-32-22-19-16-13-10-7-2/h66-69,74H,6-65H2,1-5H3,(H,79,80)(H,81,82)/t67-,68+,69+/m0/s1. The van der Waals surface area contributed by atoms with Crippen molar-refractivity contribution >= 4 is 39.5 Å². The molecule has 5 atom stereocenters. The lowest BCUT2D eigenvalue weighted by atomic mass is 10.0. The number of phosphoric ester groups is 2. The van der Waals surface area contributed by atoms with Gasteiger partial charge in [-0.1, -0.05) is 330 Å². The Kier molecular flexibility index (Phi) is 64.9. The fourth-order valence-electron chi connectivity index (χ4n) is 11.2. The Balaban J connectivity index is 5.15. The van der Waals surface area contributed by atoms with Crippen molar-refractivity contribution in [3.8, 4) is 0 Å². The molecule has 0 aliphatic heterocycles. The molecule has 0 heterocycles. The zero-order chi connectivity index (χ0) is 67.7. The van der Waals surface area contributed by atoms with E-state index in [2.05, 4.69) is 34.6 Å². The van der Waals surface area contributed by atoms with E-state index in [0.717, 1.165) is 102 Å². The van der Waals surface area contributed by atoms with Crippen molar-refractivity contribution in [3.05, 3.63) is 0 Å². The molecule has 0 fully saturated rings. The van der Waals surface area contributed by atoms with Gasteiger partial charge in [-0.15, -0.1) is 0 Å². The second-order valence-electron chi connectivity index (χ2n) is 26.8. The van der Waals surface area contributed by atoms with Crippen LogP contribution in [0.5, 0.6) is 0 Å². The van der Waals surface area contributed by atoms with Gasteiger partial charge in [0.25, 0.3) is 0 Å². The molecule has 92 heavy (non-hydrogen) atoms. The van der Waals surface area contributed by atoms with Gasteiger partial charge in [-0.25, -0.2) is 9.13 Å². The van der Waals surface area contributed by atoms with Gasteiger partial charge in [-0.05, 0) is 31.6 Å². The van der Waals surface area contributed by atoms with E-state index in [1.54, 1.807) is 0 Å². The van der Waals surface area contributed by atoms with Gasteiger partial charge in [0.15, 0.2) is 12.2 Å². The first kappa shape index (κ1) is 90.1. The highest BCUT2D eigenvalue weighted by atomic mass is 31.2. The summed E-state index contributed by atoms with van der Waals surface area (Å²) >= 11 is 0. The zero-order valence-corrected chi connectivity index (χ0v) is 61.5. The van der Waals surface area contributed by atoms with Crippen LogP contribution in [0.2, 0.25) is 0 Å². The first-order chi connectivity index (χ1) is 44.5. The summed E-state index contributed by atoms with van der Waals surface area (Å²) in [7, 11) is -9.90. The summed E-state index contributed by atoms with van der Waals surface area (Å²) in [5.74, 6) is -1.30. The van der Waals surface area contributed by atoms with Crippen LogP contribution in [0.1, 0.15) is 381 Å². The maximum Gasteiger partial charge on any atom is 0.472 e. The first-order valence-corrected chi connectivity index (χ1v) is 41.1. The molecule has 0 spiro atoms. The highest BCUT2D eigenvalue weighted by molar-refractivity contribution is 7.47. The molecule has 0 amide bonds. The highest BCUT2D eigenvalue weighted by Crippen LogP contribution is 2.45. The molecule has 0 saturated heterocycles. The van der Waals surface area contributed by atoms with Gasteiger partial charge < -0.3 is 33.8 Å². The molecule has 0 radical (unpaired) electrons. The monoisotopic (exact) mass is 1350 g/mol. The van der Waals surface area contributed by atoms with Crippen LogP contribution >= 0.6 is 15.6 Å². The number of esters is 4. The zero-order valence-electron chi connectivity index (χ0n) is 59.7. The SMILES string of the molecule is CCCCCCCCCCCCCCC(=O)OC[C@H](COP(=O)(O)OC[C@@H](O)COP(=O)(O)OC[C@@H](COC(=O)CCCCCCCCCC)OC(=O)CCCCCCCCCCCCC)OC(=O)CCCCCCCCCCCCCCCCCCCCC(C)C. The molecule has 0 aromatic carbocycles. The molecule has 3 N–H and O–H groups in total. The summed E-state index contributed by atoms with van der Waals surface area (Å²) in [4.78, 5) is 72.5. The van der Waals surface area contributed by atoms with E-state index in [1.165, 1.54) is 199 Å². The van der Waals surface area contributed by atoms with Crippen molar-refractivity contribution < 1.29 is 80.2 Å². The number of carbonyl (C=O) groups excluding carboxylic acids is 4. The van der Waals surface area contributed by atoms with Crippen molar-refractivity contribution in [3.63, 3.8) is 0 Å². The number of aliphatic hydroxyl groups excluding tert-OH is 1. The minimum Gasteiger partial charge on any atom is -0.462 e. The van der Waals surface area contributed by atoms with Crippen LogP contribution < -0.4 is 0 Å². The average molecular weight is 1350 g/mol. The Morgan fingerprint density at radius 1 is 0.293 bits per heavy atom. The molecular weight excluding hydrogens is 1210 g/mol. The van der Waals surface area contributed by atoms with Gasteiger partial charge in [0.05, 0.1) is 26.4 Å². The van der Waals surface area contributed by atoms with Gasteiger partial charge in [0, 0.05) is 25.7 Å². The molecule has 0 aromatic heterocycles. The summed E-state index contributed by atoms with van der Waals surface area (Å²) in [5.41, 5.74) is 0. The lowest BCUT2D eigenvalue weighted by molar-refractivity contribution is -0.161. The van der Waals surface area contributed by atoms with E-state index in [0.29, 0.717) is 25.7 Å². The van der Waals surface area contributed by atoms with Gasteiger partial charge in [-0.3, -0.25) is 37.3 Å². The van der Waals surface area contributed by atoms with Crippen LogP contribution in [0, 0.1) is 5.92 Å². The molecule has 19 heteroatoms. The Morgan fingerprint density at radius 2 is 0.500 bits per heavy atom. The van der Waals surface area contributed by atoms with Gasteiger partial charge >= 0.3 is 39.5 Å². The van der Waals surface area contributed by atoms with E-state index in [-0.39, 0.29) is 25.7 Å². The predicted octanol–water partition coefficient (Wildman–Crippen LogP) is 21.3. The fraction of sp³-hybridized carbons (Fsp3) is 0.945. The van der Waals surface area contributed by atoms with Crippen molar-refractivity contribution in [2.45, 2.75) is 400 Å². The van der Waals surface area contributed by atoms with E-state index in [1.807, 2.05) is 0 Å². The lowest BCUT2D eigenvalue weighted by Gasteiger charge is -2.21. The largest absolute Gasteiger partial charge is 0.472 e. The normalized spacial score (nSPS) is 14.0. The summed E-state index contributed by atoms with van der Waals surface area (Å²) < 4.78 is 68.3. The van der Waals surface area contributed by atoms with Crippen LogP contribution in [-0.4, -0.2) is 96.7 Å². The average Bonchev–Trinajstić information content (AvgIpc) is 2.09. The van der Waals surface area contributed by atoms with E-state index >= 15 is 0 Å². The first-order valence-electron chi connectivity index (χ1n) is 38.1. The molecule has 0 aromatic rings. The molecule has 17 nitrogen and oxygen atoms in total. The smallest absolute Gasteiger partial charge is 0.462 e. The Labute approximate surface area is 562 Å². The minimum atomic E-state index is -4.95. The Hall–Kier alpha value is -1.94. The number of phosphoric acid groups is 2. The van der Waals surface area contributed by atoms with Crippen molar-refractivity contribution in [1.29, 1.82) is 0 Å². The van der Waals surface area contributed by atoms with E-state index in [4.69, 9.17) is 37.0 Å². The van der Waals surface area contributed by atoms with E-state index in [9.17, 15) is 43.2 Å². The number of hydrogen-bond donors (Lipinski definition) is 3. The number of rotatable bonds is 73. The summed E-state index contributed by atoms with van der Waals surface area (Å²) in [5, 5.41) is 10.6. The summed E-state index contributed by atoms with van der Waals surface area (Å²) in [6.45, 7) is 7.27. The molecule has 0 aliphatic carbocycles. The maximum absolute atomic E-state index is 13.0. The van der Waals surface area contributed by atoms with Gasteiger partial charge in [-0.2, -0.15) is 0 Å². The predicted molar refractivity (Wildman–Crippen MR) is 372 cm³/mol. The molecule has 0 bridgehead atoms. The Bertz CT molecular complexity index is 1770. The van der Waals surface area contributed by atoms with E-state index < -0.39 is 97.5 Å². The third-order valence-electron chi connectivity index (χ3n) is 17.0. The quantitative estimate of drug-likeness (QED) is 0.0222. The molecule has 0 saturated carbocycles. The fourth-order valence-corrected chi connectivity index (χ4v) is 12.8. The number of carbonyl (C=O) groups is 4. The lowest BCUT2D eigenvalue weighted by Crippen LogP contribution is -2.30. The third-order valence-corrected chi connectivity index (χ3v) is 18.9.